The molecular formula is C13H10BrFN2O2. The number of hydrogen-bond donors (Lipinski definition) is 3. The van der Waals surface area contributed by atoms with Gasteiger partial charge < -0.3 is 16.2 Å². The third-order valence-corrected chi connectivity index (χ3v) is 2.94. The lowest BCUT2D eigenvalue weighted by molar-refractivity contribution is 0.102. The average Bonchev–Trinajstić information content (AvgIpc) is 2.33. The van der Waals surface area contributed by atoms with Crippen LogP contribution in [-0.2, 0) is 0 Å². The van der Waals surface area contributed by atoms with Crippen molar-refractivity contribution in [1.82, 2.24) is 0 Å². The van der Waals surface area contributed by atoms with Crippen molar-refractivity contribution in [2.75, 3.05) is 11.1 Å². The van der Waals surface area contributed by atoms with Gasteiger partial charge in [-0.05, 0) is 36.4 Å². The molecule has 0 atom stereocenters. The molecule has 0 saturated carbocycles. The largest absolute Gasteiger partial charge is 0.506 e. The van der Waals surface area contributed by atoms with Crippen LogP contribution in [0.3, 0.4) is 0 Å². The Balaban J connectivity index is 2.28. The molecule has 0 radical (unpaired) electrons. The highest BCUT2D eigenvalue weighted by Crippen LogP contribution is 2.27. The van der Waals surface area contributed by atoms with Crippen LogP contribution in [0.5, 0.6) is 5.75 Å². The Morgan fingerprint density at radius 2 is 2.00 bits per heavy atom. The zero-order chi connectivity index (χ0) is 14.0. The summed E-state index contributed by atoms with van der Waals surface area (Å²) in [4.78, 5) is 11.9. The first-order chi connectivity index (χ1) is 8.97. The van der Waals surface area contributed by atoms with Gasteiger partial charge in [-0.1, -0.05) is 15.9 Å². The van der Waals surface area contributed by atoms with Crippen molar-refractivity contribution in [2.45, 2.75) is 0 Å². The summed E-state index contributed by atoms with van der Waals surface area (Å²) < 4.78 is 14.2. The van der Waals surface area contributed by atoms with E-state index in [-0.39, 0.29) is 22.7 Å². The molecule has 0 aliphatic heterocycles. The van der Waals surface area contributed by atoms with E-state index in [1.807, 2.05) is 0 Å². The number of benzene rings is 2. The van der Waals surface area contributed by atoms with E-state index in [1.54, 1.807) is 6.07 Å². The van der Waals surface area contributed by atoms with Crippen LogP contribution in [0.2, 0.25) is 0 Å². The predicted octanol–water partition coefficient (Wildman–Crippen LogP) is 3.13. The number of carbonyl (C=O) groups is 1. The highest BCUT2D eigenvalue weighted by Gasteiger charge is 2.13. The topological polar surface area (TPSA) is 75.4 Å². The summed E-state index contributed by atoms with van der Waals surface area (Å²) in [5, 5.41) is 12.0. The van der Waals surface area contributed by atoms with Gasteiger partial charge in [0.05, 0.1) is 11.3 Å². The summed E-state index contributed by atoms with van der Waals surface area (Å²) in [6.45, 7) is 0. The lowest BCUT2D eigenvalue weighted by Gasteiger charge is -2.08. The molecule has 0 fully saturated rings. The number of aromatic hydroxyl groups is 1. The molecular weight excluding hydrogens is 315 g/mol. The minimum absolute atomic E-state index is 0.104. The van der Waals surface area contributed by atoms with Gasteiger partial charge in [-0.2, -0.15) is 0 Å². The first kappa shape index (κ1) is 13.4. The molecule has 2 aromatic carbocycles. The van der Waals surface area contributed by atoms with Crippen LogP contribution >= 0.6 is 15.9 Å². The van der Waals surface area contributed by atoms with Gasteiger partial charge in [0.25, 0.3) is 5.91 Å². The number of phenols is 1. The number of nitrogens with two attached hydrogens (primary N) is 1. The smallest absolute Gasteiger partial charge is 0.258 e. The number of phenolic OH excluding ortho intramolecular Hbond substituents is 1. The van der Waals surface area contributed by atoms with Gasteiger partial charge in [0.1, 0.15) is 11.6 Å². The van der Waals surface area contributed by atoms with Crippen molar-refractivity contribution in [1.29, 1.82) is 0 Å². The van der Waals surface area contributed by atoms with Gasteiger partial charge in [-0.25, -0.2) is 4.39 Å². The molecule has 0 aliphatic carbocycles. The lowest BCUT2D eigenvalue weighted by atomic mass is 10.1. The normalized spacial score (nSPS) is 10.2. The third-order valence-electron chi connectivity index (χ3n) is 2.44. The quantitative estimate of drug-likeness (QED) is 0.586. The number of carbonyl (C=O) groups excluding carboxylic acids is 1. The number of nitrogen functional groups attached to an aromatic ring is 1. The molecule has 6 heteroatoms. The van der Waals surface area contributed by atoms with Gasteiger partial charge in [0.15, 0.2) is 0 Å². The van der Waals surface area contributed by atoms with Gasteiger partial charge in [0, 0.05) is 10.2 Å². The fraction of sp³-hybridized carbons (Fsp3) is 0. The number of rotatable bonds is 2. The summed E-state index contributed by atoms with van der Waals surface area (Å²) in [7, 11) is 0. The molecule has 0 bridgehead atoms. The highest BCUT2D eigenvalue weighted by atomic mass is 79.9. The van der Waals surface area contributed by atoms with Crippen molar-refractivity contribution in [2.24, 2.45) is 0 Å². The van der Waals surface area contributed by atoms with E-state index >= 15 is 0 Å². The maximum absolute atomic E-state index is 13.6. The first-order valence-electron chi connectivity index (χ1n) is 5.32. The summed E-state index contributed by atoms with van der Waals surface area (Å²) in [5.41, 5.74) is 5.69. The van der Waals surface area contributed by atoms with Crippen molar-refractivity contribution < 1.29 is 14.3 Å². The molecule has 0 heterocycles. The maximum Gasteiger partial charge on any atom is 0.258 e. The van der Waals surface area contributed by atoms with Crippen LogP contribution in [0.25, 0.3) is 0 Å². The van der Waals surface area contributed by atoms with Gasteiger partial charge in [0.2, 0.25) is 0 Å². The van der Waals surface area contributed by atoms with E-state index in [9.17, 15) is 14.3 Å². The standard InChI is InChI=1S/C13H10BrFN2O2/c14-7-1-4-12(18)11(5-7)17-13(19)9-3-2-8(16)6-10(9)15/h1-6,18H,16H2,(H,17,19). The fourth-order valence-electron chi connectivity index (χ4n) is 1.51. The zero-order valence-electron chi connectivity index (χ0n) is 9.65. The lowest BCUT2D eigenvalue weighted by Crippen LogP contribution is -2.14. The second-order valence-corrected chi connectivity index (χ2v) is 4.77. The Morgan fingerprint density at radius 3 is 2.68 bits per heavy atom. The molecule has 2 rings (SSSR count). The van der Waals surface area contributed by atoms with Crippen molar-refractivity contribution in [3.05, 3.63) is 52.3 Å². The monoisotopic (exact) mass is 324 g/mol. The molecule has 98 valence electrons. The molecule has 0 unspecified atom stereocenters. The van der Waals surface area contributed by atoms with E-state index in [1.165, 1.54) is 24.3 Å². The predicted molar refractivity (Wildman–Crippen MR) is 74.6 cm³/mol. The van der Waals surface area contributed by atoms with Crippen molar-refractivity contribution in [3.63, 3.8) is 0 Å². The second kappa shape index (κ2) is 5.27. The molecule has 19 heavy (non-hydrogen) atoms. The highest BCUT2D eigenvalue weighted by molar-refractivity contribution is 9.10. The molecule has 4 N–H and O–H groups in total. The van der Waals surface area contributed by atoms with Crippen LogP contribution in [0, 0.1) is 5.82 Å². The van der Waals surface area contributed by atoms with Gasteiger partial charge >= 0.3 is 0 Å². The Bertz CT molecular complexity index is 647. The van der Waals surface area contributed by atoms with Gasteiger partial charge in [-0.3, -0.25) is 4.79 Å². The Hall–Kier alpha value is -2.08. The minimum atomic E-state index is -0.716. The van der Waals surface area contributed by atoms with E-state index < -0.39 is 11.7 Å². The van der Waals surface area contributed by atoms with Crippen LogP contribution < -0.4 is 11.1 Å². The summed E-state index contributed by atoms with van der Waals surface area (Å²) >= 11 is 3.21. The second-order valence-electron chi connectivity index (χ2n) is 3.85. The minimum Gasteiger partial charge on any atom is -0.506 e. The number of amides is 1. The van der Waals surface area contributed by atoms with Crippen LogP contribution in [0.4, 0.5) is 15.8 Å². The van der Waals surface area contributed by atoms with Gasteiger partial charge in [-0.15, -0.1) is 0 Å². The number of nitrogens with one attached hydrogen (secondary N) is 1. The number of anilines is 2. The Morgan fingerprint density at radius 1 is 1.26 bits per heavy atom. The van der Waals surface area contributed by atoms with Crippen LogP contribution in [0.15, 0.2) is 40.9 Å². The van der Waals surface area contributed by atoms with E-state index in [4.69, 9.17) is 5.73 Å². The summed E-state index contributed by atoms with van der Waals surface area (Å²) in [6, 6.07) is 8.33. The van der Waals surface area contributed by atoms with E-state index in [2.05, 4.69) is 21.2 Å². The average molecular weight is 325 g/mol. The number of hydrogen-bond acceptors (Lipinski definition) is 3. The first-order valence-corrected chi connectivity index (χ1v) is 6.11. The molecule has 1 amide bonds. The molecule has 4 nitrogen and oxygen atoms in total. The van der Waals surface area contributed by atoms with E-state index in [0.29, 0.717) is 4.47 Å². The van der Waals surface area contributed by atoms with Crippen LogP contribution in [0.1, 0.15) is 10.4 Å². The molecule has 0 saturated heterocycles. The van der Waals surface area contributed by atoms with E-state index in [0.717, 1.165) is 6.07 Å². The molecule has 0 aromatic heterocycles. The fourth-order valence-corrected chi connectivity index (χ4v) is 1.87. The van der Waals surface area contributed by atoms with Crippen molar-refractivity contribution in [3.8, 4) is 5.75 Å². The SMILES string of the molecule is Nc1ccc(C(=O)Nc2cc(Br)ccc2O)c(F)c1. The molecule has 0 aliphatic rings. The zero-order valence-corrected chi connectivity index (χ0v) is 11.2. The Labute approximate surface area is 117 Å². The third kappa shape index (κ3) is 3.03. The Kier molecular flexibility index (Phi) is 3.71. The summed E-state index contributed by atoms with van der Waals surface area (Å²) in [5.74, 6) is -1.48. The number of halogens is 2. The van der Waals surface area contributed by atoms with Crippen LogP contribution in [-0.4, -0.2) is 11.0 Å². The van der Waals surface area contributed by atoms with Crippen molar-refractivity contribution >= 4 is 33.2 Å². The maximum atomic E-state index is 13.6. The summed E-state index contributed by atoms with van der Waals surface area (Å²) in [6.07, 6.45) is 0. The molecule has 2 aromatic rings. The molecule has 0 spiro atoms.